The fourth-order valence-electron chi connectivity index (χ4n) is 1.95. The van der Waals surface area contributed by atoms with E-state index in [1.807, 2.05) is 30.3 Å². The first kappa shape index (κ1) is 16.2. The maximum absolute atomic E-state index is 12.0. The molecule has 3 nitrogen and oxygen atoms in total. The van der Waals surface area contributed by atoms with Gasteiger partial charge >= 0.3 is 0 Å². The van der Waals surface area contributed by atoms with E-state index in [9.17, 15) is 4.79 Å². The average molecular weight is 362 g/mol. The number of halogens is 1. The van der Waals surface area contributed by atoms with Crippen LogP contribution in [0.5, 0.6) is 0 Å². The van der Waals surface area contributed by atoms with Crippen molar-refractivity contribution in [2.24, 2.45) is 4.99 Å². The number of hydrogen-bond acceptors (Lipinski definition) is 5. The molecular weight excluding hydrogens is 350 g/mol. The van der Waals surface area contributed by atoms with Crippen molar-refractivity contribution < 1.29 is 9.21 Å². The van der Waals surface area contributed by atoms with Gasteiger partial charge in [0.05, 0.1) is 5.02 Å². The van der Waals surface area contributed by atoms with Gasteiger partial charge in [-0.15, -0.1) is 6.58 Å². The molecule has 0 atom stereocenters. The quantitative estimate of drug-likeness (QED) is 0.533. The maximum atomic E-state index is 12.0. The lowest BCUT2D eigenvalue weighted by atomic mass is 10.2. The lowest BCUT2D eigenvalue weighted by Crippen LogP contribution is -1.87. The number of furan rings is 1. The molecule has 116 valence electrons. The smallest absolute Gasteiger partial charge is 0.244 e. The summed E-state index contributed by atoms with van der Waals surface area (Å²) in [5, 5.41) is 0.543. The molecule has 0 amide bonds. The molecule has 2 aromatic rings. The molecule has 23 heavy (non-hydrogen) atoms. The molecule has 1 aromatic carbocycles. The summed E-state index contributed by atoms with van der Waals surface area (Å²) in [6, 6.07) is 11.1. The highest BCUT2D eigenvalue weighted by molar-refractivity contribution is 8.45. The minimum Gasteiger partial charge on any atom is -0.457 e. The molecule has 0 spiro atoms. The molecule has 0 unspecified atom stereocenters. The topological polar surface area (TPSA) is 42.6 Å². The van der Waals surface area contributed by atoms with E-state index in [0.29, 0.717) is 22.2 Å². The Morgan fingerprint density at radius 3 is 2.91 bits per heavy atom. The van der Waals surface area contributed by atoms with Gasteiger partial charge < -0.3 is 4.42 Å². The third-order valence-electron chi connectivity index (χ3n) is 2.97. The monoisotopic (exact) mass is 361 g/mol. The number of carbonyl (C=O) groups is 1. The summed E-state index contributed by atoms with van der Waals surface area (Å²) in [6.45, 7) is 3.66. The van der Waals surface area contributed by atoms with Crippen molar-refractivity contribution in [3.05, 3.63) is 65.5 Å². The van der Waals surface area contributed by atoms with Crippen molar-refractivity contribution in [1.29, 1.82) is 0 Å². The molecule has 6 heteroatoms. The minimum absolute atomic E-state index is 0.0766. The lowest BCUT2D eigenvalue weighted by Gasteiger charge is -1.99. The Kier molecular flexibility index (Phi) is 5.10. The second kappa shape index (κ2) is 7.25. The predicted molar refractivity (Wildman–Crippen MR) is 99.8 cm³/mol. The van der Waals surface area contributed by atoms with Gasteiger partial charge in [-0.1, -0.05) is 41.6 Å². The molecule has 0 aliphatic carbocycles. The highest BCUT2D eigenvalue weighted by Crippen LogP contribution is 2.33. The predicted octanol–water partition coefficient (Wildman–Crippen LogP) is 5.49. The summed E-state index contributed by atoms with van der Waals surface area (Å²) in [5.41, 5.74) is 1.21. The number of hydrogen-bond donors (Lipinski definition) is 0. The Labute approximate surface area is 147 Å². The van der Waals surface area contributed by atoms with Crippen LogP contribution in [0.3, 0.4) is 0 Å². The molecule has 1 aromatic heterocycles. The Morgan fingerprint density at radius 2 is 2.13 bits per heavy atom. The Bertz CT molecular complexity index is 824. The fourth-order valence-corrected chi connectivity index (χ4v) is 3.78. The summed E-state index contributed by atoms with van der Waals surface area (Å²) in [7, 11) is 0. The van der Waals surface area contributed by atoms with Crippen LogP contribution in [0.1, 0.15) is 5.76 Å². The van der Waals surface area contributed by atoms with E-state index in [1.54, 1.807) is 18.2 Å². The summed E-state index contributed by atoms with van der Waals surface area (Å²) >= 11 is 8.79. The number of nitrogens with zero attached hydrogens (tertiary/aromatic N) is 1. The van der Waals surface area contributed by atoms with Crippen LogP contribution in [0.4, 0.5) is 0 Å². The fraction of sp³-hybridized carbons (Fsp3) is 0.0588. The van der Waals surface area contributed by atoms with E-state index >= 15 is 0 Å². The zero-order valence-corrected chi connectivity index (χ0v) is 14.4. The van der Waals surface area contributed by atoms with Crippen LogP contribution in [-0.4, -0.2) is 15.2 Å². The SMILES string of the molecule is C=CCSC1=N/C(=C\c2ccc(-c3ccccc3Cl)o2)C(=O)S1. The van der Waals surface area contributed by atoms with Gasteiger partial charge in [-0.05, 0) is 36.0 Å². The summed E-state index contributed by atoms with van der Waals surface area (Å²) in [5.74, 6) is 1.96. The molecule has 0 radical (unpaired) electrons. The molecule has 0 fully saturated rings. The third-order valence-corrected chi connectivity index (χ3v) is 5.30. The third kappa shape index (κ3) is 3.80. The second-order valence-electron chi connectivity index (χ2n) is 4.58. The van der Waals surface area contributed by atoms with Crippen molar-refractivity contribution in [3.63, 3.8) is 0 Å². The summed E-state index contributed by atoms with van der Waals surface area (Å²) < 4.78 is 6.50. The molecule has 1 aliphatic heterocycles. The van der Waals surface area contributed by atoms with Gasteiger partial charge in [0, 0.05) is 17.4 Å². The summed E-state index contributed by atoms with van der Waals surface area (Å²) in [4.78, 5) is 16.3. The van der Waals surface area contributed by atoms with Gasteiger partial charge in [-0.3, -0.25) is 4.79 Å². The van der Waals surface area contributed by atoms with Gasteiger partial charge in [-0.2, -0.15) is 0 Å². The normalized spacial score (nSPS) is 16.0. The van der Waals surface area contributed by atoms with Crippen molar-refractivity contribution in [3.8, 4) is 11.3 Å². The first-order valence-electron chi connectivity index (χ1n) is 6.78. The number of carbonyl (C=O) groups excluding carboxylic acids is 1. The molecular formula is C17H12ClNO2S2. The maximum Gasteiger partial charge on any atom is 0.244 e. The van der Waals surface area contributed by atoms with Gasteiger partial charge in [-0.25, -0.2) is 4.99 Å². The zero-order chi connectivity index (χ0) is 16.2. The number of benzene rings is 1. The van der Waals surface area contributed by atoms with Crippen molar-refractivity contribution in [2.45, 2.75) is 0 Å². The lowest BCUT2D eigenvalue weighted by molar-refractivity contribution is -0.107. The highest BCUT2D eigenvalue weighted by Gasteiger charge is 2.22. The molecule has 3 rings (SSSR count). The van der Waals surface area contributed by atoms with Gasteiger partial charge in [0.2, 0.25) is 5.12 Å². The Balaban J connectivity index is 1.84. The molecule has 0 saturated heterocycles. The highest BCUT2D eigenvalue weighted by atomic mass is 35.5. The van der Waals surface area contributed by atoms with E-state index < -0.39 is 0 Å². The first-order chi connectivity index (χ1) is 11.2. The van der Waals surface area contributed by atoms with Crippen LogP contribution in [0.15, 0.2) is 64.2 Å². The van der Waals surface area contributed by atoms with Crippen LogP contribution in [0, 0.1) is 0 Å². The van der Waals surface area contributed by atoms with Crippen molar-refractivity contribution in [1.82, 2.24) is 0 Å². The van der Waals surface area contributed by atoms with Crippen LogP contribution in [-0.2, 0) is 4.79 Å². The Morgan fingerprint density at radius 1 is 1.30 bits per heavy atom. The average Bonchev–Trinajstić information content (AvgIpc) is 3.13. The number of rotatable bonds is 4. The van der Waals surface area contributed by atoms with E-state index in [1.165, 1.54) is 11.8 Å². The van der Waals surface area contributed by atoms with Crippen LogP contribution in [0.2, 0.25) is 5.02 Å². The molecule has 0 bridgehead atoms. The zero-order valence-electron chi connectivity index (χ0n) is 12.0. The van der Waals surface area contributed by atoms with E-state index in [-0.39, 0.29) is 5.12 Å². The van der Waals surface area contributed by atoms with E-state index in [0.717, 1.165) is 27.5 Å². The van der Waals surface area contributed by atoms with Gasteiger partial charge in [0.15, 0.2) is 0 Å². The molecule has 0 saturated carbocycles. The first-order valence-corrected chi connectivity index (χ1v) is 8.96. The second-order valence-corrected chi connectivity index (χ2v) is 7.21. The largest absolute Gasteiger partial charge is 0.457 e. The Hall–Kier alpha value is -1.69. The standard InChI is InChI=1S/C17H12ClNO2S2/c1-2-9-22-17-19-14(16(20)23-17)10-11-7-8-15(21-11)12-5-3-4-6-13(12)18/h2-8,10H,1,9H2/b14-10-. The van der Waals surface area contributed by atoms with Crippen LogP contribution < -0.4 is 0 Å². The minimum atomic E-state index is -0.0766. The summed E-state index contributed by atoms with van der Waals surface area (Å²) in [6.07, 6.45) is 3.43. The van der Waals surface area contributed by atoms with Crippen LogP contribution in [0.25, 0.3) is 17.4 Å². The van der Waals surface area contributed by atoms with Crippen molar-refractivity contribution >= 4 is 50.7 Å². The van der Waals surface area contributed by atoms with Crippen molar-refractivity contribution in [2.75, 3.05) is 5.75 Å². The molecule has 1 aliphatic rings. The molecule has 0 N–H and O–H groups in total. The number of aliphatic imine (C=N–C) groups is 1. The van der Waals surface area contributed by atoms with E-state index in [4.69, 9.17) is 16.0 Å². The van der Waals surface area contributed by atoms with Gasteiger partial charge in [0.25, 0.3) is 0 Å². The van der Waals surface area contributed by atoms with Crippen LogP contribution >= 0.6 is 35.1 Å². The van der Waals surface area contributed by atoms with Gasteiger partial charge in [0.1, 0.15) is 21.6 Å². The number of thioether (sulfide) groups is 2. The molecule has 2 heterocycles. The van der Waals surface area contributed by atoms with E-state index in [2.05, 4.69) is 11.6 Å².